The molecule has 0 spiro atoms. The molecule has 2 aromatic carbocycles. The van der Waals surface area contributed by atoms with Gasteiger partial charge in [0, 0.05) is 27.7 Å². The number of hydrazone groups is 1. The first-order valence-electron chi connectivity index (χ1n) is 8.50. The average Bonchev–Trinajstić information content (AvgIpc) is 3.23. The number of fused-ring (bicyclic) bond motifs is 1. The van der Waals surface area contributed by atoms with Gasteiger partial charge in [-0.3, -0.25) is 0 Å². The summed E-state index contributed by atoms with van der Waals surface area (Å²) in [4.78, 5) is 7.56. The number of H-pyrrole nitrogens is 1. The second-order valence-electron chi connectivity index (χ2n) is 6.25. The molecule has 4 rings (SSSR count). The van der Waals surface area contributed by atoms with Crippen LogP contribution in [-0.4, -0.2) is 16.2 Å². The van der Waals surface area contributed by atoms with Gasteiger partial charge < -0.3 is 9.40 Å². The minimum absolute atomic E-state index is 0.165. The number of nitriles is 1. The van der Waals surface area contributed by atoms with Crippen LogP contribution in [0.3, 0.4) is 0 Å². The van der Waals surface area contributed by atoms with Gasteiger partial charge in [0.25, 0.3) is 5.88 Å². The lowest BCUT2D eigenvalue weighted by atomic mass is 10.1. The van der Waals surface area contributed by atoms with Crippen LogP contribution in [0.15, 0.2) is 58.0 Å². The monoisotopic (exact) mass is 355 g/mol. The van der Waals surface area contributed by atoms with Crippen LogP contribution in [0.25, 0.3) is 22.4 Å². The molecule has 0 amide bonds. The molecule has 27 heavy (non-hydrogen) atoms. The zero-order valence-electron chi connectivity index (χ0n) is 14.9. The quantitative estimate of drug-likeness (QED) is 0.408. The molecular weight excluding hydrogens is 338 g/mol. The van der Waals surface area contributed by atoms with E-state index in [2.05, 4.69) is 20.5 Å². The fraction of sp³-hybridized carbons (Fsp3) is 0.0952. The Bertz CT molecular complexity index is 1180. The largest absolute Gasteiger partial charge is 0.417 e. The molecule has 0 aliphatic rings. The van der Waals surface area contributed by atoms with Crippen LogP contribution in [0.5, 0.6) is 0 Å². The minimum atomic E-state index is 0.165. The van der Waals surface area contributed by atoms with Gasteiger partial charge in [0.1, 0.15) is 6.07 Å². The van der Waals surface area contributed by atoms with Crippen molar-refractivity contribution in [2.45, 2.75) is 13.8 Å². The highest BCUT2D eigenvalue weighted by atomic mass is 16.4. The van der Waals surface area contributed by atoms with Gasteiger partial charge in [0.2, 0.25) is 11.6 Å². The Morgan fingerprint density at radius 2 is 1.93 bits per heavy atom. The van der Waals surface area contributed by atoms with Crippen molar-refractivity contribution in [3.63, 3.8) is 0 Å². The molecule has 0 saturated carbocycles. The van der Waals surface area contributed by atoms with Crippen LogP contribution >= 0.6 is 0 Å². The highest BCUT2D eigenvalue weighted by Gasteiger charge is 2.14. The van der Waals surface area contributed by atoms with Crippen molar-refractivity contribution < 1.29 is 4.42 Å². The van der Waals surface area contributed by atoms with Crippen molar-refractivity contribution in [1.82, 2.24) is 9.97 Å². The highest BCUT2D eigenvalue weighted by molar-refractivity contribution is 6.00. The number of oxazole rings is 1. The van der Waals surface area contributed by atoms with E-state index in [0.29, 0.717) is 5.89 Å². The molecule has 2 heterocycles. The Morgan fingerprint density at radius 3 is 2.70 bits per heavy atom. The summed E-state index contributed by atoms with van der Waals surface area (Å²) in [6, 6.07) is 17.8. The SMILES string of the molecule is Cc1ccc(-c2nc(C#N)c(N/N=C/c3c(C)[nH]c4ccccc34)o2)cc1. The number of anilines is 1. The van der Waals surface area contributed by atoms with Crippen LogP contribution in [0.4, 0.5) is 5.88 Å². The molecule has 0 aliphatic carbocycles. The summed E-state index contributed by atoms with van der Waals surface area (Å²) >= 11 is 0. The van der Waals surface area contributed by atoms with Gasteiger partial charge in [-0.25, -0.2) is 5.43 Å². The molecule has 2 N–H and O–H groups in total. The second-order valence-corrected chi connectivity index (χ2v) is 6.25. The van der Waals surface area contributed by atoms with Gasteiger partial charge in [-0.05, 0) is 32.0 Å². The molecule has 6 heteroatoms. The van der Waals surface area contributed by atoms with Crippen LogP contribution in [0.1, 0.15) is 22.5 Å². The lowest BCUT2D eigenvalue weighted by Gasteiger charge is -1.97. The van der Waals surface area contributed by atoms with E-state index in [1.807, 2.05) is 68.4 Å². The Morgan fingerprint density at radius 1 is 1.15 bits per heavy atom. The van der Waals surface area contributed by atoms with Crippen LogP contribution in [0, 0.1) is 25.2 Å². The maximum absolute atomic E-state index is 9.32. The third-order valence-corrected chi connectivity index (χ3v) is 4.33. The molecular formula is C21H17N5O. The number of nitrogens with one attached hydrogen (secondary N) is 2. The number of hydrogen-bond acceptors (Lipinski definition) is 5. The molecule has 6 nitrogen and oxygen atoms in total. The zero-order valence-corrected chi connectivity index (χ0v) is 14.9. The standard InChI is InChI=1S/C21H17N5O/c1-13-7-9-15(10-8-13)20-25-19(11-22)21(27-20)26-23-12-17-14(2)24-18-6-4-3-5-16(17)18/h3-10,12,24,26H,1-2H3/b23-12+. The van der Waals surface area contributed by atoms with E-state index in [9.17, 15) is 5.26 Å². The van der Waals surface area contributed by atoms with E-state index < -0.39 is 0 Å². The zero-order chi connectivity index (χ0) is 18.8. The lowest BCUT2D eigenvalue weighted by Crippen LogP contribution is -1.92. The van der Waals surface area contributed by atoms with Gasteiger partial charge in [0.05, 0.1) is 6.21 Å². The number of aromatic nitrogens is 2. The van der Waals surface area contributed by atoms with Crippen molar-refractivity contribution >= 4 is 23.0 Å². The molecule has 4 aromatic rings. The topological polar surface area (TPSA) is 90.0 Å². The fourth-order valence-corrected chi connectivity index (χ4v) is 2.91. The predicted molar refractivity (Wildman–Crippen MR) is 106 cm³/mol. The van der Waals surface area contributed by atoms with Gasteiger partial charge >= 0.3 is 0 Å². The Hall–Kier alpha value is -3.85. The summed E-state index contributed by atoms with van der Waals surface area (Å²) in [5, 5.41) is 14.6. The third-order valence-electron chi connectivity index (χ3n) is 4.33. The highest BCUT2D eigenvalue weighted by Crippen LogP contribution is 2.26. The number of nitrogens with zero attached hydrogens (tertiary/aromatic N) is 3. The average molecular weight is 355 g/mol. The van der Waals surface area contributed by atoms with E-state index in [0.717, 1.165) is 33.3 Å². The number of aryl methyl sites for hydroxylation is 2. The molecule has 0 bridgehead atoms. The van der Waals surface area contributed by atoms with Gasteiger partial charge in [-0.2, -0.15) is 15.3 Å². The Balaban J connectivity index is 1.61. The maximum Gasteiger partial charge on any atom is 0.252 e. The minimum Gasteiger partial charge on any atom is -0.417 e. The molecule has 0 radical (unpaired) electrons. The van der Waals surface area contributed by atoms with Gasteiger partial charge in [-0.15, -0.1) is 0 Å². The molecule has 2 aromatic heterocycles. The van der Waals surface area contributed by atoms with Crippen molar-refractivity contribution in [2.75, 3.05) is 5.43 Å². The summed E-state index contributed by atoms with van der Waals surface area (Å²) in [5.74, 6) is 0.606. The van der Waals surface area contributed by atoms with Gasteiger partial charge in [-0.1, -0.05) is 35.9 Å². The van der Waals surface area contributed by atoms with E-state index >= 15 is 0 Å². The van der Waals surface area contributed by atoms with E-state index in [-0.39, 0.29) is 11.6 Å². The second kappa shape index (κ2) is 6.81. The first kappa shape index (κ1) is 16.6. The first-order valence-corrected chi connectivity index (χ1v) is 8.50. The number of rotatable bonds is 4. The van der Waals surface area contributed by atoms with E-state index in [1.54, 1.807) is 6.21 Å². The summed E-state index contributed by atoms with van der Waals surface area (Å²) in [6.07, 6.45) is 1.71. The molecule has 0 atom stereocenters. The molecule has 132 valence electrons. The van der Waals surface area contributed by atoms with Crippen LogP contribution in [0.2, 0.25) is 0 Å². The predicted octanol–water partition coefficient (Wildman–Crippen LogP) is 4.76. The van der Waals surface area contributed by atoms with Crippen molar-refractivity contribution in [3.8, 4) is 17.5 Å². The van der Waals surface area contributed by atoms with Crippen molar-refractivity contribution in [3.05, 3.63) is 71.0 Å². The lowest BCUT2D eigenvalue weighted by molar-refractivity contribution is 0.587. The summed E-state index contributed by atoms with van der Waals surface area (Å²) in [6.45, 7) is 4.00. The normalized spacial score (nSPS) is 11.1. The van der Waals surface area contributed by atoms with E-state index in [1.165, 1.54) is 0 Å². The molecule has 0 saturated heterocycles. The summed E-state index contributed by atoms with van der Waals surface area (Å²) in [5.41, 5.74) is 7.96. The smallest absolute Gasteiger partial charge is 0.252 e. The van der Waals surface area contributed by atoms with E-state index in [4.69, 9.17) is 4.42 Å². The fourth-order valence-electron chi connectivity index (χ4n) is 2.91. The number of benzene rings is 2. The molecule has 0 fully saturated rings. The van der Waals surface area contributed by atoms with Crippen LogP contribution < -0.4 is 5.43 Å². The Labute approximate surface area is 156 Å². The van der Waals surface area contributed by atoms with Crippen molar-refractivity contribution in [1.29, 1.82) is 5.26 Å². The Kier molecular flexibility index (Phi) is 4.19. The molecule has 0 aliphatic heterocycles. The van der Waals surface area contributed by atoms with Crippen LogP contribution in [-0.2, 0) is 0 Å². The number of para-hydroxylation sites is 1. The van der Waals surface area contributed by atoms with Gasteiger partial charge in [0.15, 0.2) is 0 Å². The van der Waals surface area contributed by atoms with Crippen molar-refractivity contribution in [2.24, 2.45) is 5.10 Å². The number of hydrogen-bond donors (Lipinski definition) is 2. The third kappa shape index (κ3) is 3.18. The first-order chi connectivity index (χ1) is 13.2. The molecule has 0 unspecified atom stereocenters. The summed E-state index contributed by atoms with van der Waals surface area (Å²) < 4.78 is 5.70. The number of aromatic amines is 1. The maximum atomic E-state index is 9.32. The summed E-state index contributed by atoms with van der Waals surface area (Å²) in [7, 11) is 0.